The molecule has 24 heavy (non-hydrogen) atoms. The van der Waals surface area contributed by atoms with Crippen LogP contribution in [0.5, 0.6) is 0 Å². The summed E-state index contributed by atoms with van der Waals surface area (Å²) in [6, 6.07) is 12.1. The van der Waals surface area contributed by atoms with E-state index >= 15 is 0 Å². The molecule has 5 heteroatoms. The van der Waals surface area contributed by atoms with Gasteiger partial charge in [0.05, 0.1) is 18.5 Å². The maximum Gasteiger partial charge on any atom is 0.225 e. The molecule has 0 radical (unpaired) electrons. The summed E-state index contributed by atoms with van der Waals surface area (Å²) in [5.74, 6) is -0.0566. The van der Waals surface area contributed by atoms with Crippen LogP contribution >= 0.6 is 11.3 Å². The van der Waals surface area contributed by atoms with Gasteiger partial charge >= 0.3 is 0 Å². The van der Waals surface area contributed by atoms with Crippen LogP contribution in [0.2, 0.25) is 0 Å². The molecule has 2 amide bonds. The molecule has 1 aromatic heterocycles. The van der Waals surface area contributed by atoms with Crippen molar-refractivity contribution < 1.29 is 9.59 Å². The SMILES string of the molecule is CC(=O)N[C@@H](CC(=O)N(C)[C@@H]1CCc2ccccc21)c1cccs1. The molecule has 1 heterocycles. The number of nitrogens with zero attached hydrogens (tertiary/aromatic N) is 1. The predicted molar refractivity (Wildman–Crippen MR) is 95.8 cm³/mol. The molecule has 1 aromatic carbocycles. The van der Waals surface area contributed by atoms with Crippen LogP contribution in [-0.4, -0.2) is 23.8 Å². The Hall–Kier alpha value is -2.14. The van der Waals surface area contributed by atoms with Gasteiger partial charge in [-0.15, -0.1) is 11.3 Å². The lowest BCUT2D eigenvalue weighted by Gasteiger charge is -2.27. The van der Waals surface area contributed by atoms with Crippen molar-refractivity contribution in [2.24, 2.45) is 0 Å². The van der Waals surface area contributed by atoms with Gasteiger partial charge < -0.3 is 10.2 Å². The van der Waals surface area contributed by atoms with Gasteiger partial charge in [0.15, 0.2) is 0 Å². The minimum absolute atomic E-state index is 0.0591. The summed E-state index contributed by atoms with van der Waals surface area (Å²) in [6.45, 7) is 1.49. The highest BCUT2D eigenvalue weighted by atomic mass is 32.1. The largest absolute Gasteiger partial charge is 0.348 e. The van der Waals surface area contributed by atoms with Gasteiger partial charge in [-0.1, -0.05) is 30.3 Å². The molecule has 2 aromatic rings. The van der Waals surface area contributed by atoms with Gasteiger partial charge in [0, 0.05) is 18.8 Å². The number of hydrogen-bond donors (Lipinski definition) is 1. The summed E-state index contributed by atoms with van der Waals surface area (Å²) in [6.07, 6.45) is 2.26. The second kappa shape index (κ2) is 7.18. The van der Waals surface area contributed by atoms with Crippen LogP contribution in [0, 0.1) is 0 Å². The first-order chi connectivity index (χ1) is 11.6. The topological polar surface area (TPSA) is 49.4 Å². The minimum atomic E-state index is -0.255. The number of hydrogen-bond acceptors (Lipinski definition) is 3. The van der Waals surface area contributed by atoms with Crippen molar-refractivity contribution >= 4 is 23.2 Å². The fourth-order valence-corrected chi connectivity index (χ4v) is 4.16. The average molecular weight is 342 g/mol. The molecule has 126 valence electrons. The van der Waals surface area contributed by atoms with Gasteiger partial charge in [-0.2, -0.15) is 0 Å². The van der Waals surface area contributed by atoms with E-state index in [-0.39, 0.29) is 30.3 Å². The molecule has 1 aliphatic carbocycles. The second-order valence-corrected chi connectivity index (χ2v) is 7.21. The molecule has 0 bridgehead atoms. The van der Waals surface area contributed by atoms with Crippen LogP contribution < -0.4 is 5.32 Å². The molecule has 0 aliphatic heterocycles. The Morgan fingerprint density at radius 1 is 1.29 bits per heavy atom. The maximum absolute atomic E-state index is 12.8. The number of aryl methyl sites for hydroxylation is 1. The predicted octanol–water partition coefficient (Wildman–Crippen LogP) is 3.46. The van der Waals surface area contributed by atoms with Gasteiger partial charge in [-0.05, 0) is 35.4 Å². The molecule has 2 atom stereocenters. The van der Waals surface area contributed by atoms with Crippen LogP contribution in [0.1, 0.15) is 47.9 Å². The van der Waals surface area contributed by atoms with E-state index < -0.39 is 0 Å². The molecule has 3 rings (SSSR count). The summed E-state index contributed by atoms with van der Waals surface area (Å²) in [5.41, 5.74) is 2.58. The summed E-state index contributed by atoms with van der Waals surface area (Å²) in [5, 5.41) is 4.87. The molecular formula is C19H22N2O2S. The van der Waals surface area contributed by atoms with Crippen molar-refractivity contribution in [3.8, 4) is 0 Å². The number of carbonyl (C=O) groups is 2. The quantitative estimate of drug-likeness (QED) is 0.904. The fraction of sp³-hybridized carbons (Fsp3) is 0.368. The normalized spacial score (nSPS) is 17.2. The third-order valence-corrected chi connectivity index (χ3v) is 5.59. The maximum atomic E-state index is 12.8. The van der Waals surface area contributed by atoms with Crippen LogP contribution in [0.4, 0.5) is 0 Å². The van der Waals surface area contributed by atoms with E-state index in [0.29, 0.717) is 0 Å². The zero-order valence-corrected chi connectivity index (χ0v) is 14.8. The number of carbonyl (C=O) groups excluding carboxylic acids is 2. The third kappa shape index (κ3) is 3.51. The average Bonchev–Trinajstić information content (AvgIpc) is 3.22. The Morgan fingerprint density at radius 2 is 2.08 bits per heavy atom. The van der Waals surface area contributed by atoms with Gasteiger partial charge in [-0.25, -0.2) is 0 Å². The number of benzene rings is 1. The summed E-state index contributed by atoms with van der Waals surface area (Å²) in [7, 11) is 1.87. The Kier molecular flexibility index (Phi) is 5.00. The Morgan fingerprint density at radius 3 is 2.79 bits per heavy atom. The molecule has 0 saturated heterocycles. The Labute approximate surface area is 146 Å². The van der Waals surface area contributed by atoms with Crippen molar-refractivity contribution in [3.63, 3.8) is 0 Å². The number of thiophene rings is 1. The van der Waals surface area contributed by atoms with Gasteiger partial charge in [0.1, 0.15) is 0 Å². The monoisotopic (exact) mass is 342 g/mol. The van der Waals surface area contributed by atoms with E-state index in [4.69, 9.17) is 0 Å². The molecule has 1 N–H and O–H groups in total. The lowest BCUT2D eigenvalue weighted by molar-refractivity contribution is -0.132. The minimum Gasteiger partial charge on any atom is -0.348 e. The molecule has 4 nitrogen and oxygen atoms in total. The van der Waals surface area contributed by atoms with Gasteiger partial charge in [0.2, 0.25) is 11.8 Å². The van der Waals surface area contributed by atoms with E-state index in [0.717, 1.165) is 17.7 Å². The van der Waals surface area contributed by atoms with Crippen molar-refractivity contribution in [2.75, 3.05) is 7.05 Å². The van der Waals surface area contributed by atoms with Crippen LogP contribution in [0.3, 0.4) is 0 Å². The number of rotatable bonds is 5. The lowest BCUT2D eigenvalue weighted by atomic mass is 10.1. The molecule has 0 saturated carbocycles. The highest BCUT2D eigenvalue weighted by Crippen LogP contribution is 2.35. The van der Waals surface area contributed by atoms with E-state index in [1.54, 1.807) is 11.3 Å². The van der Waals surface area contributed by atoms with E-state index in [2.05, 4.69) is 17.4 Å². The Balaban J connectivity index is 1.72. The van der Waals surface area contributed by atoms with Crippen LogP contribution in [-0.2, 0) is 16.0 Å². The standard InChI is InChI=1S/C19H22N2O2S/c1-13(22)20-16(18-8-5-11-24-18)12-19(23)21(2)17-10-9-14-6-3-4-7-15(14)17/h3-8,11,16-17H,9-10,12H2,1-2H3,(H,20,22)/t16-,17+/m0/s1. The van der Waals surface area contributed by atoms with Crippen molar-refractivity contribution in [1.82, 2.24) is 10.2 Å². The number of fused-ring (bicyclic) bond motifs is 1. The smallest absolute Gasteiger partial charge is 0.225 e. The first-order valence-corrected chi connectivity index (χ1v) is 9.08. The summed E-state index contributed by atoms with van der Waals surface area (Å²) < 4.78 is 0. The summed E-state index contributed by atoms with van der Waals surface area (Å²) >= 11 is 1.56. The molecule has 0 unspecified atom stereocenters. The van der Waals surface area contributed by atoms with E-state index in [1.165, 1.54) is 18.1 Å². The first kappa shape index (κ1) is 16.7. The number of nitrogens with one attached hydrogen (secondary N) is 1. The van der Waals surface area contributed by atoms with E-state index in [9.17, 15) is 9.59 Å². The highest BCUT2D eigenvalue weighted by molar-refractivity contribution is 7.10. The second-order valence-electron chi connectivity index (χ2n) is 6.23. The van der Waals surface area contributed by atoms with Crippen molar-refractivity contribution in [3.05, 3.63) is 57.8 Å². The molecule has 0 spiro atoms. The van der Waals surface area contributed by atoms with Crippen LogP contribution in [0.25, 0.3) is 0 Å². The zero-order valence-electron chi connectivity index (χ0n) is 14.0. The first-order valence-electron chi connectivity index (χ1n) is 8.20. The van der Waals surface area contributed by atoms with E-state index in [1.807, 2.05) is 41.6 Å². The zero-order chi connectivity index (χ0) is 17.1. The molecule has 0 fully saturated rings. The molecule has 1 aliphatic rings. The molecular weight excluding hydrogens is 320 g/mol. The van der Waals surface area contributed by atoms with Gasteiger partial charge in [0.25, 0.3) is 0 Å². The lowest BCUT2D eigenvalue weighted by Crippen LogP contribution is -2.35. The van der Waals surface area contributed by atoms with Crippen molar-refractivity contribution in [2.45, 2.75) is 38.3 Å². The highest BCUT2D eigenvalue weighted by Gasteiger charge is 2.29. The number of amides is 2. The fourth-order valence-electron chi connectivity index (χ4n) is 3.39. The van der Waals surface area contributed by atoms with Gasteiger partial charge in [-0.3, -0.25) is 9.59 Å². The third-order valence-electron chi connectivity index (χ3n) is 4.60. The van der Waals surface area contributed by atoms with Crippen LogP contribution in [0.15, 0.2) is 41.8 Å². The summed E-state index contributed by atoms with van der Waals surface area (Å²) in [4.78, 5) is 27.1. The Bertz CT molecular complexity index is 727. The van der Waals surface area contributed by atoms with Crippen molar-refractivity contribution in [1.29, 1.82) is 0 Å².